The predicted octanol–water partition coefficient (Wildman–Crippen LogP) is 1.33. The zero-order valence-electron chi connectivity index (χ0n) is 7.88. The number of rotatable bonds is 1. The van der Waals surface area contributed by atoms with Crippen molar-refractivity contribution in [3.8, 4) is 5.82 Å². The molecule has 3 aromatic rings. The van der Waals surface area contributed by atoms with Crippen molar-refractivity contribution in [2.75, 3.05) is 5.73 Å². The van der Waals surface area contributed by atoms with Gasteiger partial charge < -0.3 is 10.7 Å². The molecular formula is C10H9N5. The average Bonchev–Trinajstić information content (AvgIpc) is 2.84. The highest BCUT2D eigenvalue weighted by Crippen LogP contribution is 2.17. The summed E-state index contributed by atoms with van der Waals surface area (Å²) < 4.78 is 1.75. The first-order valence-corrected chi connectivity index (χ1v) is 4.57. The van der Waals surface area contributed by atoms with Crippen molar-refractivity contribution in [2.45, 2.75) is 0 Å². The highest BCUT2D eigenvalue weighted by molar-refractivity contribution is 5.81. The lowest BCUT2D eigenvalue weighted by atomic mass is 10.3. The first-order valence-electron chi connectivity index (χ1n) is 4.57. The topological polar surface area (TPSA) is 72.5 Å². The molecule has 0 radical (unpaired) electrons. The van der Waals surface area contributed by atoms with Crippen molar-refractivity contribution in [2.24, 2.45) is 0 Å². The van der Waals surface area contributed by atoms with E-state index >= 15 is 0 Å². The number of nitrogens with zero attached hydrogens (tertiary/aromatic N) is 3. The maximum absolute atomic E-state index is 5.65. The lowest BCUT2D eigenvalue weighted by Crippen LogP contribution is -1.93. The molecule has 3 rings (SSSR count). The van der Waals surface area contributed by atoms with Gasteiger partial charge in [-0.15, -0.1) is 0 Å². The molecule has 0 aromatic carbocycles. The lowest BCUT2D eigenvalue weighted by molar-refractivity contribution is 0.857. The Morgan fingerprint density at radius 3 is 3.07 bits per heavy atom. The number of H-pyrrole nitrogens is 1. The van der Waals surface area contributed by atoms with Crippen molar-refractivity contribution >= 4 is 16.7 Å². The van der Waals surface area contributed by atoms with Gasteiger partial charge >= 0.3 is 0 Å². The normalized spacial score (nSPS) is 10.9. The van der Waals surface area contributed by atoms with E-state index in [1.165, 1.54) is 0 Å². The molecule has 74 valence electrons. The van der Waals surface area contributed by atoms with Gasteiger partial charge in [-0.05, 0) is 18.2 Å². The third-order valence-electron chi connectivity index (χ3n) is 2.23. The minimum atomic E-state index is 0.661. The summed E-state index contributed by atoms with van der Waals surface area (Å²) in [7, 11) is 0. The van der Waals surface area contributed by atoms with Gasteiger partial charge in [0.1, 0.15) is 11.5 Å². The van der Waals surface area contributed by atoms with Crippen LogP contribution in [0.4, 0.5) is 5.69 Å². The largest absolute Gasteiger partial charge is 0.397 e. The second-order valence-electron chi connectivity index (χ2n) is 3.31. The van der Waals surface area contributed by atoms with E-state index in [4.69, 9.17) is 5.73 Å². The van der Waals surface area contributed by atoms with Crippen molar-refractivity contribution in [3.05, 3.63) is 36.8 Å². The first-order chi connectivity index (χ1) is 7.33. The summed E-state index contributed by atoms with van der Waals surface area (Å²) in [6, 6.07) is 5.71. The molecular weight excluding hydrogens is 190 g/mol. The molecule has 3 heterocycles. The molecule has 0 saturated carbocycles. The third kappa shape index (κ3) is 1.25. The van der Waals surface area contributed by atoms with Crippen LogP contribution < -0.4 is 5.73 Å². The Morgan fingerprint density at radius 1 is 1.33 bits per heavy atom. The Bertz CT molecular complexity index is 593. The number of nitrogens with one attached hydrogen (secondary N) is 1. The fraction of sp³-hybridized carbons (Fsp3) is 0. The molecule has 0 aliphatic heterocycles. The Hall–Kier alpha value is -2.30. The average molecular weight is 199 g/mol. The van der Waals surface area contributed by atoms with Crippen LogP contribution in [0.3, 0.4) is 0 Å². The molecule has 0 bridgehead atoms. The summed E-state index contributed by atoms with van der Waals surface area (Å²) in [5, 5.41) is 5.12. The highest BCUT2D eigenvalue weighted by atomic mass is 15.3. The lowest BCUT2D eigenvalue weighted by Gasteiger charge is -1.93. The molecule has 0 aliphatic rings. The van der Waals surface area contributed by atoms with Gasteiger partial charge in [-0.1, -0.05) is 0 Å². The number of hydrogen-bond donors (Lipinski definition) is 2. The van der Waals surface area contributed by atoms with Gasteiger partial charge in [-0.3, -0.25) is 0 Å². The first kappa shape index (κ1) is 8.05. The van der Waals surface area contributed by atoms with E-state index in [0.29, 0.717) is 5.69 Å². The number of hydrogen-bond acceptors (Lipinski definition) is 3. The predicted molar refractivity (Wildman–Crippen MR) is 57.6 cm³/mol. The van der Waals surface area contributed by atoms with Crippen LogP contribution in [-0.2, 0) is 0 Å². The minimum absolute atomic E-state index is 0.661. The molecule has 0 fully saturated rings. The SMILES string of the molecule is Nc1cnc2[nH]c(-n3cccn3)cc2c1. The van der Waals surface area contributed by atoms with Crippen LogP contribution in [0.1, 0.15) is 0 Å². The summed E-state index contributed by atoms with van der Waals surface area (Å²) in [5.74, 6) is 0.882. The quantitative estimate of drug-likeness (QED) is 0.621. The molecule has 0 amide bonds. The summed E-state index contributed by atoms with van der Waals surface area (Å²) in [6.45, 7) is 0. The van der Waals surface area contributed by atoms with Crippen molar-refractivity contribution in [1.82, 2.24) is 19.7 Å². The number of nitrogen functional groups attached to an aromatic ring is 1. The van der Waals surface area contributed by atoms with Crippen LogP contribution >= 0.6 is 0 Å². The monoisotopic (exact) mass is 199 g/mol. The van der Waals surface area contributed by atoms with Gasteiger partial charge in [0.25, 0.3) is 0 Å². The summed E-state index contributed by atoms with van der Waals surface area (Å²) >= 11 is 0. The van der Waals surface area contributed by atoms with Crippen LogP contribution in [0.5, 0.6) is 0 Å². The van der Waals surface area contributed by atoms with E-state index in [0.717, 1.165) is 16.9 Å². The van der Waals surface area contributed by atoms with E-state index in [9.17, 15) is 0 Å². The number of aromatic amines is 1. The Balaban J connectivity index is 2.22. The Labute approximate surface area is 85.5 Å². The van der Waals surface area contributed by atoms with E-state index < -0.39 is 0 Å². The fourth-order valence-electron chi connectivity index (χ4n) is 1.55. The fourth-order valence-corrected chi connectivity index (χ4v) is 1.55. The molecule has 0 atom stereocenters. The van der Waals surface area contributed by atoms with E-state index in [1.54, 1.807) is 17.1 Å². The molecule has 0 unspecified atom stereocenters. The Morgan fingerprint density at radius 2 is 2.27 bits per heavy atom. The maximum atomic E-state index is 5.65. The third-order valence-corrected chi connectivity index (χ3v) is 2.23. The second-order valence-corrected chi connectivity index (χ2v) is 3.31. The second kappa shape index (κ2) is 2.84. The molecule has 0 aliphatic carbocycles. The van der Waals surface area contributed by atoms with Crippen LogP contribution in [0, 0.1) is 0 Å². The number of anilines is 1. The molecule has 5 nitrogen and oxygen atoms in total. The zero-order chi connectivity index (χ0) is 10.3. The number of pyridine rings is 1. The van der Waals surface area contributed by atoms with Gasteiger partial charge in [0.05, 0.1) is 11.9 Å². The van der Waals surface area contributed by atoms with Crippen LogP contribution in [0.25, 0.3) is 16.9 Å². The van der Waals surface area contributed by atoms with Gasteiger partial charge in [-0.2, -0.15) is 5.10 Å². The maximum Gasteiger partial charge on any atom is 0.139 e. The van der Waals surface area contributed by atoms with Gasteiger partial charge in [-0.25, -0.2) is 9.67 Å². The molecule has 3 N–H and O–H groups in total. The molecule has 5 heteroatoms. The van der Waals surface area contributed by atoms with Crippen LogP contribution in [0.2, 0.25) is 0 Å². The number of aromatic nitrogens is 4. The Kier molecular flexibility index (Phi) is 1.53. The summed E-state index contributed by atoms with van der Waals surface area (Å²) in [5.41, 5.74) is 7.13. The molecule has 3 aromatic heterocycles. The van der Waals surface area contributed by atoms with Crippen LogP contribution in [0.15, 0.2) is 36.8 Å². The van der Waals surface area contributed by atoms with Gasteiger partial charge in [0.2, 0.25) is 0 Å². The zero-order valence-corrected chi connectivity index (χ0v) is 7.88. The van der Waals surface area contributed by atoms with E-state index in [-0.39, 0.29) is 0 Å². The molecule has 0 spiro atoms. The van der Waals surface area contributed by atoms with Crippen molar-refractivity contribution in [1.29, 1.82) is 0 Å². The summed E-state index contributed by atoms with van der Waals surface area (Å²) in [4.78, 5) is 7.35. The standard InChI is InChI=1S/C10H9N5/c11-8-4-7-5-9(14-10(7)12-6-8)15-3-1-2-13-15/h1-6H,11H2,(H,12,14). The number of fused-ring (bicyclic) bond motifs is 1. The van der Waals surface area contributed by atoms with Gasteiger partial charge in [0.15, 0.2) is 0 Å². The van der Waals surface area contributed by atoms with Crippen molar-refractivity contribution in [3.63, 3.8) is 0 Å². The minimum Gasteiger partial charge on any atom is -0.397 e. The van der Waals surface area contributed by atoms with E-state index in [1.807, 2.05) is 24.4 Å². The van der Waals surface area contributed by atoms with Crippen LogP contribution in [-0.4, -0.2) is 19.7 Å². The molecule has 15 heavy (non-hydrogen) atoms. The summed E-state index contributed by atoms with van der Waals surface area (Å²) in [6.07, 6.45) is 5.23. The smallest absolute Gasteiger partial charge is 0.139 e. The van der Waals surface area contributed by atoms with E-state index in [2.05, 4.69) is 15.1 Å². The van der Waals surface area contributed by atoms with Gasteiger partial charge in [0, 0.05) is 17.8 Å². The highest BCUT2D eigenvalue weighted by Gasteiger charge is 2.03. The van der Waals surface area contributed by atoms with Crippen molar-refractivity contribution < 1.29 is 0 Å². The molecule has 0 saturated heterocycles. The number of nitrogens with two attached hydrogens (primary N) is 1.